The number of amides is 1. The zero-order chi connectivity index (χ0) is 24.0. The lowest BCUT2D eigenvalue weighted by Gasteiger charge is -2.11. The predicted octanol–water partition coefficient (Wildman–Crippen LogP) is 6.10. The molecule has 166 valence electrons. The van der Waals surface area contributed by atoms with Gasteiger partial charge in [-0.3, -0.25) is 14.9 Å². The maximum absolute atomic E-state index is 12.7. The molecule has 0 aliphatic rings. The maximum atomic E-state index is 12.7. The first-order chi connectivity index (χ1) is 15.8. The van der Waals surface area contributed by atoms with Gasteiger partial charge in [0.2, 0.25) is 0 Å². The molecule has 7 nitrogen and oxygen atoms in total. The molecule has 0 bridgehead atoms. The third-order valence-electron chi connectivity index (χ3n) is 4.81. The number of carbonyl (C=O) groups excluding carboxylic acids is 1. The molecule has 8 heteroatoms. The number of benzene rings is 3. The summed E-state index contributed by atoms with van der Waals surface area (Å²) in [6, 6.07) is 18.9. The summed E-state index contributed by atoms with van der Waals surface area (Å²) >= 11 is 3.40. The van der Waals surface area contributed by atoms with E-state index in [-0.39, 0.29) is 17.9 Å². The van der Waals surface area contributed by atoms with Gasteiger partial charge in [0, 0.05) is 27.9 Å². The van der Waals surface area contributed by atoms with E-state index in [0.29, 0.717) is 17.0 Å². The Bertz CT molecular complexity index is 1280. The number of ether oxygens (including phenoxy) is 1. The Morgan fingerprint density at radius 1 is 1.15 bits per heavy atom. The van der Waals surface area contributed by atoms with E-state index in [2.05, 4.69) is 21.2 Å². The van der Waals surface area contributed by atoms with Crippen LogP contribution in [0, 0.1) is 35.3 Å². The van der Waals surface area contributed by atoms with Crippen LogP contribution >= 0.6 is 15.9 Å². The Kier molecular flexibility index (Phi) is 7.59. The lowest BCUT2D eigenvalue weighted by molar-refractivity contribution is -0.384. The molecule has 33 heavy (non-hydrogen) atoms. The predicted molar refractivity (Wildman–Crippen MR) is 130 cm³/mol. The van der Waals surface area contributed by atoms with Gasteiger partial charge in [0.25, 0.3) is 11.6 Å². The highest BCUT2D eigenvalue weighted by Gasteiger charge is 2.13. The number of nitriles is 1. The topological polar surface area (TPSA) is 105 Å². The summed E-state index contributed by atoms with van der Waals surface area (Å²) in [5, 5.41) is 23.2. The molecule has 3 aromatic carbocycles. The fourth-order valence-corrected chi connectivity index (χ4v) is 3.46. The smallest absolute Gasteiger partial charge is 0.269 e. The van der Waals surface area contributed by atoms with E-state index in [1.165, 1.54) is 18.2 Å². The lowest BCUT2D eigenvalue weighted by Crippen LogP contribution is -2.14. The molecule has 0 fully saturated rings. The zero-order valence-corrected chi connectivity index (χ0v) is 19.5. The fraction of sp³-hybridized carbons (Fsp3) is 0.120. The van der Waals surface area contributed by atoms with Gasteiger partial charge in [-0.2, -0.15) is 5.26 Å². The van der Waals surface area contributed by atoms with Crippen LogP contribution in [-0.4, -0.2) is 10.8 Å². The number of carbonyl (C=O) groups is 1. The van der Waals surface area contributed by atoms with Gasteiger partial charge in [0.05, 0.1) is 4.92 Å². The third-order valence-corrected chi connectivity index (χ3v) is 5.30. The van der Waals surface area contributed by atoms with Crippen molar-refractivity contribution in [3.8, 4) is 11.8 Å². The number of hydrogen-bond donors (Lipinski definition) is 1. The van der Waals surface area contributed by atoms with Crippen molar-refractivity contribution in [1.29, 1.82) is 5.26 Å². The fourth-order valence-electron chi connectivity index (χ4n) is 3.09. The number of rotatable bonds is 7. The van der Waals surface area contributed by atoms with Crippen molar-refractivity contribution < 1.29 is 14.5 Å². The average molecular weight is 506 g/mol. The van der Waals surface area contributed by atoms with Crippen LogP contribution in [0.5, 0.6) is 5.75 Å². The van der Waals surface area contributed by atoms with Crippen molar-refractivity contribution in [3.05, 3.63) is 103 Å². The number of hydrogen-bond acceptors (Lipinski definition) is 5. The van der Waals surface area contributed by atoms with Crippen molar-refractivity contribution in [2.24, 2.45) is 0 Å². The quantitative estimate of drug-likeness (QED) is 0.181. The monoisotopic (exact) mass is 505 g/mol. The number of nitro groups is 1. The van der Waals surface area contributed by atoms with Crippen molar-refractivity contribution in [3.63, 3.8) is 0 Å². The minimum atomic E-state index is -0.522. The molecule has 1 N–H and O–H groups in total. The molecule has 1 amide bonds. The first-order valence-corrected chi connectivity index (χ1v) is 10.7. The van der Waals surface area contributed by atoms with E-state index in [0.717, 1.165) is 21.2 Å². The Hall–Kier alpha value is -3.96. The molecule has 0 aromatic heterocycles. The van der Waals surface area contributed by atoms with E-state index in [1.54, 1.807) is 36.4 Å². The Labute approximate surface area is 199 Å². The molecule has 0 atom stereocenters. The minimum absolute atomic E-state index is 0.000461. The number of halogens is 1. The standard InChI is InChI=1S/C25H20BrN3O4/c1-16-3-9-23(17(2)11-16)28-25(30)20(14-27)12-19-13-21(26)6-10-24(19)33-15-18-4-7-22(8-5-18)29(31)32/h3-13H,15H2,1-2H3,(H,28,30)/b20-12+. The zero-order valence-electron chi connectivity index (χ0n) is 18.0. The molecule has 0 aliphatic carbocycles. The number of nitrogens with zero attached hydrogens (tertiary/aromatic N) is 2. The molecule has 3 aromatic rings. The van der Waals surface area contributed by atoms with Crippen LogP contribution in [0.3, 0.4) is 0 Å². The largest absolute Gasteiger partial charge is 0.488 e. The van der Waals surface area contributed by atoms with E-state index in [9.17, 15) is 20.2 Å². The molecular weight excluding hydrogens is 486 g/mol. The summed E-state index contributed by atoms with van der Waals surface area (Å²) in [4.78, 5) is 23.1. The van der Waals surface area contributed by atoms with Gasteiger partial charge in [-0.05, 0) is 67.4 Å². The van der Waals surface area contributed by atoms with E-state index in [4.69, 9.17) is 4.74 Å². The average Bonchev–Trinajstić information content (AvgIpc) is 2.78. The summed E-state index contributed by atoms with van der Waals surface area (Å²) < 4.78 is 6.63. The minimum Gasteiger partial charge on any atom is -0.488 e. The highest BCUT2D eigenvalue weighted by Crippen LogP contribution is 2.27. The first-order valence-electron chi connectivity index (χ1n) is 9.93. The van der Waals surface area contributed by atoms with Crippen LogP contribution < -0.4 is 10.1 Å². The van der Waals surface area contributed by atoms with Crippen LogP contribution in [-0.2, 0) is 11.4 Å². The van der Waals surface area contributed by atoms with Gasteiger partial charge in [-0.15, -0.1) is 0 Å². The number of nitrogens with one attached hydrogen (secondary N) is 1. The Morgan fingerprint density at radius 2 is 1.88 bits per heavy atom. The SMILES string of the molecule is Cc1ccc(NC(=O)/C(C#N)=C/c2cc(Br)ccc2OCc2ccc([N+](=O)[O-])cc2)c(C)c1. The van der Waals surface area contributed by atoms with Crippen molar-refractivity contribution in [2.75, 3.05) is 5.32 Å². The van der Waals surface area contributed by atoms with Gasteiger partial charge in [-0.25, -0.2) is 0 Å². The second-order valence-corrected chi connectivity index (χ2v) is 8.25. The van der Waals surface area contributed by atoms with Gasteiger partial charge >= 0.3 is 0 Å². The number of aryl methyl sites for hydroxylation is 2. The molecule has 0 spiro atoms. The van der Waals surface area contributed by atoms with Crippen molar-refractivity contribution in [2.45, 2.75) is 20.5 Å². The van der Waals surface area contributed by atoms with Gasteiger partial charge in [0.1, 0.15) is 24.0 Å². The molecular formula is C25H20BrN3O4. The van der Waals surface area contributed by atoms with E-state index < -0.39 is 10.8 Å². The van der Waals surface area contributed by atoms with Gasteiger partial charge < -0.3 is 10.1 Å². The summed E-state index contributed by atoms with van der Waals surface area (Å²) in [5.74, 6) is -0.0608. The number of non-ortho nitro benzene ring substituents is 1. The molecule has 0 heterocycles. The summed E-state index contributed by atoms with van der Waals surface area (Å²) in [6.07, 6.45) is 1.47. The summed E-state index contributed by atoms with van der Waals surface area (Å²) in [7, 11) is 0. The van der Waals surface area contributed by atoms with E-state index >= 15 is 0 Å². The van der Waals surface area contributed by atoms with Crippen LogP contribution in [0.1, 0.15) is 22.3 Å². The highest BCUT2D eigenvalue weighted by atomic mass is 79.9. The van der Waals surface area contributed by atoms with Crippen molar-refractivity contribution in [1.82, 2.24) is 0 Å². The Morgan fingerprint density at radius 3 is 2.52 bits per heavy atom. The van der Waals surface area contributed by atoms with Crippen molar-refractivity contribution >= 4 is 39.3 Å². The number of anilines is 1. The normalized spacial score (nSPS) is 10.9. The molecule has 0 saturated carbocycles. The second-order valence-electron chi connectivity index (χ2n) is 7.34. The van der Waals surface area contributed by atoms with Crippen LogP contribution in [0.25, 0.3) is 6.08 Å². The van der Waals surface area contributed by atoms with Gasteiger partial charge in [0.15, 0.2) is 0 Å². The van der Waals surface area contributed by atoms with E-state index in [1.807, 2.05) is 32.0 Å². The third kappa shape index (κ3) is 6.28. The molecule has 0 saturated heterocycles. The lowest BCUT2D eigenvalue weighted by atomic mass is 10.1. The first kappa shape index (κ1) is 23.7. The highest BCUT2D eigenvalue weighted by molar-refractivity contribution is 9.10. The van der Waals surface area contributed by atoms with Crippen LogP contribution in [0.15, 0.2) is 70.7 Å². The Balaban J connectivity index is 1.81. The number of nitro benzene ring substituents is 1. The maximum Gasteiger partial charge on any atom is 0.269 e. The second kappa shape index (κ2) is 10.6. The van der Waals surface area contributed by atoms with Crippen LogP contribution in [0.4, 0.5) is 11.4 Å². The van der Waals surface area contributed by atoms with Gasteiger partial charge in [-0.1, -0.05) is 33.6 Å². The molecule has 0 aliphatic heterocycles. The molecule has 0 unspecified atom stereocenters. The van der Waals surface area contributed by atoms with Crippen LogP contribution in [0.2, 0.25) is 0 Å². The molecule has 0 radical (unpaired) electrons. The molecule has 3 rings (SSSR count). The summed E-state index contributed by atoms with van der Waals surface area (Å²) in [6.45, 7) is 4.01. The summed E-state index contributed by atoms with van der Waals surface area (Å²) in [5.41, 5.74) is 3.81.